The van der Waals surface area contributed by atoms with Gasteiger partial charge in [0.15, 0.2) is 18.0 Å². The Kier molecular flexibility index (Phi) is 7.69. The first-order valence-electron chi connectivity index (χ1n) is 14.4. The lowest BCUT2D eigenvalue weighted by molar-refractivity contribution is -0.714. The molecule has 210 valence electrons. The highest BCUT2D eigenvalue weighted by Gasteiger charge is 2.31. The molecule has 1 aromatic carbocycles. The number of anilines is 1. The maximum Gasteiger partial charge on any atom is 0.355 e. The van der Waals surface area contributed by atoms with E-state index >= 15 is 0 Å². The van der Waals surface area contributed by atoms with Gasteiger partial charge < -0.3 is 19.9 Å². The lowest BCUT2D eigenvalue weighted by Gasteiger charge is -2.26. The van der Waals surface area contributed by atoms with E-state index in [9.17, 15) is 4.79 Å². The van der Waals surface area contributed by atoms with Gasteiger partial charge in [-0.2, -0.15) is 0 Å². The van der Waals surface area contributed by atoms with Crippen LogP contribution in [0.15, 0.2) is 24.3 Å². The highest BCUT2D eigenvalue weighted by atomic mass is 16.5. The van der Waals surface area contributed by atoms with Gasteiger partial charge in [0.05, 0.1) is 13.2 Å². The van der Waals surface area contributed by atoms with E-state index in [0.717, 1.165) is 24.2 Å². The van der Waals surface area contributed by atoms with Crippen molar-refractivity contribution >= 4 is 17.4 Å². The molecule has 0 atom stereocenters. The van der Waals surface area contributed by atoms with Crippen LogP contribution in [0, 0.1) is 11.8 Å². The number of Topliss-reactive ketones (excluding diaryl/α,β-unsaturated/α-hetero) is 1. The minimum absolute atomic E-state index is 0.0169. The predicted octanol–water partition coefficient (Wildman–Crippen LogP) is 4.92. The summed E-state index contributed by atoms with van der Waals surface area (Å²) in [6.07, 6.45) is 6.64. The number of ketones is 1. The largest absolute Gasteiger partial charge is 0.489 e. The van der Waals surface area contributed by atoms with E-state index in [-0.39, 0.29) is 29.8 Å². The minimum Gasteiger partial charge on any atom is -0.489 e. The molecule has 5 rings (SSSR count). The monoisotopic (exact) mass is 536 g/mol. The molecule has 2 heterocycles. The summed E-state index contributed by atoms with van der Waals surface area (Å²) in [4.78, 5) is 13.7. The summed E-state index contributed by atoms with van der Waals surface area (Å²) in [6.45, 7) is 11.9. The van der Waals surface area contributed by atoms with Gasteiger partial charge in [0.2, 0.25) is 5.78 Å². The molecule has 9 nitrogen and oxygen atoms in total. The first-order valence-corrected chi connectivity index (χ1v) is 14.4. The Morgan fingerprint density at radius 3 is 2.36 bits per heavy atom. The number of rotatable bonds is 13. The summed E-state index contributed by atoms with van der Waals surface area (Å²) in [6, 6.07) is 7.42. The highest BCUT2D eigenvalue weighted by Crippen LogP contribution is 2.42. The van der Waals surface area contributed by atoms with Crippen LogP contribution in [0.25, 0.3) is 5.65 Å². The number of nitrogens with zero attached hydrogens (tertiary/aromatic N) is 4. The molecule has 0 amide bonds. The molecule has 2 aromatic heterocycles. The Hall–Kier alpha value is -3.36. The Labute approximate surface area is 230 Å². The van der Waals surface area contributed by atoms with Gasteiger partial charge in [-0.25, -0.2) is 0 Å². The van der Waals surface area contributed by atoms with Gasteiger partial charge >= 0.3 is 11.6 Å². The van der Waals surface area contributed by atoms with Crippen LogP contribution >= 0.6 is 0 Å². The van der Waals surface area contributed by atoms with Crippen molar-refractivity contribution in [2.45, 2.75) is 91.2 Å². The van der Waals surface area contributed by atoms with Crippen LogP contribution in [0.1, 0.15) is 89.1 Å². The molecule has 0 bridgehead atoms. The number of hydrogen-bond acceptors (Lipinski definition) is 7. The smallest absolute Gasteiger partial charge is 0.355 e. The van der Waals surface area contributed by atoms with Gasteiger partial charge in [-0.3, -0.25) is 4.79 Å². The zero-order chi connectivity index (χ0) is 27.7. The van der Waals surface area contributed by atoms with E-state index in [4.69, 9.17) is 19.9 Å². The quantitative estimate of drug-likeness (QED) is 0.244. The van der Waals surface area contributed by atoms with Crippen molar-refractivity contribution in [1.82, 2.24) is 14.7 Å². The Morgan fingerprint density at radius 1 is 1.08 bits per heavy atom. The van der Waals surface area contributed by atoms with Crippen LogP contribution < -0.4 is 24.6 Å². The maximum atomic E-state index is 13.7. The van der Waals surface area contributed by atoms with Crippen LogP contribution in [-0.2, 0) is 12.0 Å². The van der Waals surface area contributed by atoms with Crippen molar-refractivity contribution in [2.24, 2.45) is 11.8 Å². The number of hydrogen-bond donors (Lipinski definition) is 1. The lowest BCUT2D eigenvalue weighted by Crippen LogP contribution is -2.40. The van der Waals surface area contributed by atoms with Gasteiger partial charge in [-0.15, -0.1) is 4.68 Å². The predicted molar refractivity (Wildman–Crippen MR) is 149 cm³/mol. The molecule has 0 aliphatic heterocycles. The molecule has 2 aliphatic carbocycles. The van der Waals surface area contributed by atoms with Crippen molar-refractivity contribution in [3.8, 4) is 17.4 Å². The van der Waals surface area contributed by atoms with Crippen LogP contribution in [0.3, 0.4) is 0 Å². The van der Waals surface area contributed by atoms with Crippen LogP contribution in [0.4, 0.5) is 5.95 Å². The maximum absolute atomic E-state index is 13.7. The number of benzene rings is 1. The Balaban J connectivity index is 1.44. The minimum atomic E-state index is -0.235. The average Bonchev–Trinajstić information content (AvgIpc) is 3.84. The van der Waals surface area contributed by atoms with Crippen molar-refractivity contribution in [3.05, 3.63) is 35.4 Å². The molecule has 2 saturated carbocycles. The lowest BCUT2D eigenvalue weighted by atomic mass is 9.84. The fourth-order valence-corrected chi connectivity index (χ4v) is 4.57. The molecule has 0 unspecified atom stereocenters. The molecular formula is C30H42N5O4+. The summed E-state index contributed by atoms with van der Waals surface area (Å²) in [7, 11) is 0. The topological polar surface area (TPSA) is 105 Å². The summed E-state index contributed by atoms with van der Waals surface area (Å²) >= 11 is 0. The van der Waals surface area contributed by atoms with E-state index in [2.05, 4.69) is 44.8 Å². The number of fused-ring (bicyclic) bond motifs is 1. The second-order valence-electron chi connectivity index (χ2n) is 12.0. The zero-order valence-corrected chi connectivity index (χ0v) is 23.9. The Bertz CT molecular complexity index is 1330. The van der Waals surface area contributed by atoms with Gasteiger partial charge in [-0.05, 0) is 78.1 Å². The number of carbonyl (C=O) groups is 1. The fourth-order valence-electron chi connectivity index (χ4n) is 4.57. The fraction of sp³-hybridized carbons (Fsp3) is 0.600. The molecule has 3 aromatic rings. The van der Waals surface area contributed by atoms with Gasteiger partial charge in [0.25, 0.3) is 5.88 Å². The van der Waals surface area contributed by atoms with E-state index in [1.165, 1.54) is 30.2 Å². The van der Waals surface area contributed by atoms with Crippen LogP contribution in [0.2, 0.25) is 0 Å². The number of carbonyl (C=O) groups excluding carboxylic acids is 1. The number of nitrogens with two attached hydrogens (primary N) is 1. The molecule has 2 N–H and O–H groups in total. The van der Waals surface area contributed by atoms with Crippen LogP contribution in [0.5, 0.6) is 17.4 Å². The number of ether oxygens (including phenoxy) is 3. The average molecular weight is 537 g/mol. The van der Waals surface area contributed by atoms with E-state index < -0.39 is 0 Å². The molecule has 0 radical (unpaired) electrons. The molecule has 2 fully saturated rings. The SMILES string of the molecule is CCC(CC)Oc1ccc2n(n1)c(N)n[n+]2CC(=O)c1cc(OCC2CC2)c(OCC2CC2)c(C(C)(C)C)c1. The normalized spacial score (nSPS) is 15.6. The van der Waals surface area contributed by atoms with Gasteiger partial charge in [0.1, 0.15) is 6.10 Å². The third-order valence-corrected chi connectivity index (χ3v) is 7.50. The second kappa shape index (κ2) is 11.0. The summed E-state index contributed by atoms with van der Waals surface area (Å²) in [5.41, 5.74) is 8.11. The zero-order valence-electron chi connectivity index (χ0n) is 23.9. The molecule has 39 heavy (non-hydrogen) atoms. The molecular weight excluding hydrogens is 494 g/mol. The highest BCUT2D eigenvalue weighted by molar-refractivity contribution is 5.96. The molecule has 2 aliphatic rings. The molecule has 0 saturated heterocycles. The summed E-state index contributed by atoms with van der Waals surface area (Å²) < 4.78 is 21.7. The summed E-state index contributed by atoms with van der Waals surface area (Å²) in [5.74, 6) is 3.20. The van der Waals surface area contributed by atoms with Crippen molar-refractivity contribution in [1.29, 1.82) is 0 Å². The van der Waals surface area contributed by atoms with E-state index in [1.807, 2.05) is 18.2 Å². The van der Waals surface area contributed by atoms with Crippen molar-refractivity contribution in [3.63, 3.8) is 0 Å². The third kappa shape index (κ3) is 6.45. The standard InChI is InChI=1S/C30H42N5O4/c1-6-22(7-2)39-26-12-13-27-34(33-29(31)35(27)32-26)16-24(36)21-14-23(30(3,4)5)28(38-18-20-10-11-20)25(15-21)37-17-19-8-9-19/h12-15,19-20,22H,6-11,16-18H2,1-5H3,(H2,31,33)/q+1. The first-order chi connectivity index (χ1) is 18.7. The van der Waals surface area contributed by atoms with Gasteiger partial charge in [0, 0.05) is 23.3 Å². The second-order valence-corrected chi connectivity index (χ2v) is 12.0. The summed E-state index contributed by atoms with van der Waals surface area (Å²) in [5, 5.41) is 8.92. The first kappa shape index (κ1) is 27.2. The van der Waals surface area contributed by atoms with Crippen LogP contribution in [-0.4, -0.2) is 39.8 Å². The van der Waals surface area contributed by atoms with E-state index in [1.54, 1.807) is 10.7 Å². The van der Waals surface area contributed by atoms with E-state index in [0.29, 0.717) is 47.9 Å². The number of aromatic nitrogens is 4. The molecule has 0 spiro atoms. The van der Waals surface area contributed by atoms with Crippen molar-refractivity contribution in [2.75, 3.05) is 18.9 Å². The van der Waals surface area contributed by atoms with Gasteiger partial charge in [-0.1, -0.05) is 39.1 Å². The molecule has 9 heteroatoms. The third-order valence-electron chi connectivity index (χ3n) is 7.50. The Morgan fingerprint density at radius 2 is 1.74 bits per heavy atom. The number of nitrogen functional groups attached to an aromatic ring is 1. The van der Waals surface area contributed by atoms with Crippen molar-refractivity contribution < 1.29 is 23.7 Å².